The van der Waals surface area contributed by atoms with Gasteiger partial charge in [-0.1, -0.05) is 13.8 Å². The number of ether oxygens (including phenoxy) is 1. The Bertz CT molecular complexity index is 649. The van der Waals surface area contributed by atoms with E-state index in [0.29, 0.717) is 12.8 Å². The molecule has 3 N–H and O–H groups in total. The molecule has 0 aromatic heterocycles. The van der Waals surface area contributed by atoms with Gasteiger partial charge in [-0.2, -0.15) is 0 Å². The van der Waals surface area contributed by atoms with E-state index in [1.54, 1.807) is 0 Å². The van der Waals surface area contributed by atoms with E-state index in [4.69, 9.17) is 4.74 Å². The Labute approximate surface area is 160 Å². The van der Waals surface area contributed by atoms with Crippen LogP contribution in [0.5, 0.6) is 0 Å². The molecule has 6 heteroatoms. The van der Waals surface area contributed by atoms with Gasteiger partial charge in [0, 0.05) is 24.7 Å². The lowest BCUT2D eigenvalue weighted by molar-refractivity contribution is -0.253. The molecule has 4 saturated carbocycles. The van der Waals surface area contributed by atoms with Crippen LogP contribution in [0.3, 0.4) is 0 Å². The first-order chi connectivity index (χ1) is 12.6. The zero-order valence-corrected chi connectivity index (χ0v) is 16.4. The standard InChI is InChI=1S/C21H32O6/c1-10(22)27-19-13(23)7-9-21(3)12-6-8-20(2)11(4-5-14(20)24)15(12)17(25)18(26)16(19)21/h11-13,15-19,23,25-26H,4-9H2,1-3H3/t11?,12?,13-,15?,16?,17-,18-,19+,20+,21-/m1/s1. The van der Waals surface area contributed by atoms with Crippen LogP contribution in [0.1, 0.15) is 59.3 Å². The second-order valence-electron chi connectivity index (χ2n) is 9.90. The molecule has 4 aliphatic rings. The van der Waals surface area contributed by atoms with E-state index in [1.807, 2.05) is 6.92 Å². The molecule has 4 unspecified atom stereocenters. The maximum Gasteiger partial charge on any atom is 0.303 e. The summed E-state index contributed by atoms with van der Waals surface area (Å²) in [5, 5.41) is 32.7. The molecule has 0 amide bonds. The zero-order chi connectivity index (χ0) is 19.7. The summed E-state index contributed by atoms with van der Waals surface area (Å²) in [5.74, 6) is -0.579. The summed E-state index contributed by atoms with van der Waals surface area (Å²) in [4.78, 5) is 24.2. The molecule has 10 atom stereocenters. The minimum atomic E-state index is -1.08. The lowest BCUT2D eigenvalue weighted by Gasteiger charge is -2.63. The Kier molecular flexibility index (Phi) is 4.48. The monoisotopic (exact) mass is 380 g/mol. The van der Waals surface area contributed by atoms with Gasteiger partial charge in [0.1, 0.15) is 11.9 Å². The van der Waals surface area contributed by atoms with Crippen LogP contribution < -0.4 is 0 Å². The SMILES string of the molecule is CC(=O)O[C@@H]1C2[C@@H](O)[C@H](O)C3C(CC[C@]4(C)C(=O)CCC34)[C@@]2(C)CC[C@H]1O. The minimum Gasteiger partial charge on any atom is -0.459 e. The largest absolute Gasteiger partial charge is 0.459 e. The van der Waals surface area contributed by atoms with E-state index in [-0.39, 0.29) is 29.0 Å². The van der Waals surface area contributed by atoms with E-state index < -0.39 is 41.7 Å². The molecule has 6 nitrogen and oxygen atoms in total. The second kappa shape index (κ2) is 6.26. The predicted molar refractivity (Wildman–Crippen MR) is 96.5 cm³/mol. The zero-order valence-electron chi connectivity index (χ0n) is 16.4. The third-order valence-corrected chi connectivity index (χ3v) is 8.78. The van der Waals surface area contributed by atoms with E-state index >= 15 is 0 Å². The van der Waals surface area contributed by atoms with Crippen LogP contribution in [-0.4, -0.2) is 51.5 Å². The second-order valence-corrected chi connectivity index (χ2v) is 9.90. The van der Waals surface area contributed by atoms with Crippen LogP contribution in [0.25, 0.3) is 0 Å². The molecule has 152 valence electrons. The van der Waals surface area contributed by atoms with E-state index in [1.165, 1.54) is 6.92 Å². The number of esters is 1. The van der Waals surface area contributed by atoms with Gasteiger partial charge in [0.2, 0.25) is 0 Å². The Morgan fingerprint density at radius 2 is 1.74 bits per heavy atom. The van der Waals surface area contributed by atoms with Crippen molar-refractivity contribution >= 4 is 11.8 Å². The Balaban J connectivity index is 1.73. The van der Waals surface area contributed by atoms with Crippen molar-refractivity contribution in [1.29, 1.82) is 0 Å². The average molecular weight is 380 g/mol. The molecular formula is C21H32O6. The fourth-order valence-corrected chi connectivity index (χ4v) is 7.42. The fraction of sp³-hybridized carbons (Fsp3) is 0.905. The maximum absolute atomic E-state index is 12.5. The third-order valence-electron chi connectivity index (χ3n) is 8.78. The number of hydrogen-bond acceptors (Lipinski definition) is 6. The highest BCUT2D eigenvalue weighted by Gasteiger charge is 2.67. The highest BCUT2D eigenvalue weighted by Crippen LogP contribution is 2.65. The number of rotatable bonds is 1. The van der Waals surface area contributed by atoms with Gasteiger partial charge in [-0.25, -0.2) is 0 Å². The molecule has 0 aromatic carbocycles. The first-order valence-electron chi connectivity index (χ1n) is 10.4. The number of aliphatic hydroxyl groups excluding tert-OH is 3. The molecule has 0 saturated heterocycles. The third kappa shape index (κ3) is 2.56. The van der Waals surface area contributed by atoms with E-state index in [0.717, 1.165) is 25.7 Å². The van der Waals surface area contributed by atoms with Crippen molar-refractivity contribution in [1.82, 2.24) is 0 Å². The first-order valence-corrected chi connectivity index (χ1v) is 10.4. The summed E-state index contributed by atoms with van der Waals surface area (Å²) >= 11 is 0. The molecule has 0 aromatic rings. The lowest BCUT2D eigenvalue weighted by Crippen LogP contribution is -2.68. The molecule has 0 spiro atoms. The van der Waals surface area contributed by atoms with Gasteiger partial charge in [0.25, 0.3) is 0 Å². The summed E-state index contributed by atoms with van der Waals surface area (Å²) in [6.07, 6.45) is 0.529. The van der Waals surface area contributed by atoms with Gasteiger partial charge in [-0.15, -0.1) is 0 Å². The molecule has 27 heavy (non-hydrogen) atoms. The molecule has 0 bridgehead atoms. The predicted octanol–water partition coefficient (Wildman–Crippen LogP) is 1.44. The van der Waals surface area contributed by atoms with Crippen molar-refractivity contribution in [3.05, 3.63) is 0 Å². The van der Waals surface area contributed by atoms with Crippen molar-refractivity contribution in [3.8, 4) is 0 Å². The van der Waals surface area contributed by atoms with Gasteiger partial charge in [-0.05, 0) is 55.3 Å². The first kappa shape index (κ1) is 19.3. The Hall–Kier alpha value is -0.980. The van der Waals surface area contributed by atoms with Crippen molar-refractivity contribution in [3.63, 3.8) is 0 Å². The molecule has 4 rings (SSSR count). The minimum absolute atomic E-state index is 0.0881. The van der Waals surface area contributed by atoms with Crippen molar-refractivity contribution in [2.45, 2.75) is 83.7 Å². The van der Waals surface area contributed by atoms with Crippen LogP contribution in [0.4, 0.5) is 0 Å². The van der Waals surface area contributed by atoms with Gasteiger partial charge < -0.3 is 20.1 Å². The average Bonchev–Trinajstić information content (AvgIpc) is 2.90. The summed E-state index contributed by atoms with van der Waals surface area (Å²) in [6.45, 7) is 5.46. The topological polar surface area (TPSA) is 104 Å². The maximum atomic E-state index is 12.5. The normalized spacial score (nSPS) is 54.7. The van der Waals surface area contributed by atoms with Gasteiger partial charge in [0.15, 0.2) is 0 Å². The summed E-state index contributed by atoms with van der Waals surface area (Å²) < 4.78 is 5.45. The van der Waals surface area contributed by atoms with E-state index in [2.05, 4.69) is 6.92 Å². The lowest BCUT2D eigenvalue weighted by atomic mass is 9.43. The van der Waals surface area contributed by atoms with Crippen molar-refractivity contribution < 1.29 is 29.6 Å². The quantitative estimate of drug-likeness (QED) is 0.595. The van der Waals surface area contributed by atoms with Crippen LogP contribution in [0, 0.1) is 34.5 Å². The van der Waals surface area contributed by atoms with Crippen LogP contribution in [0.2, 0.25) is 0 Å². The Morgan fingerprint density at radius 3 is 2.41 bits per heavy atom. The van der Waals surface area contributed by atoms with Crippen LogP contribution in [0.15, 0.2) is 0 Å². The highest BCUT2D eigenvalue weighted by atomic mass is 16.6. The smallest absolute Gasteiger partial charge is 0.303 e. The number of ketones is 1. The molecule has 0 radical (unpaired) electrons. The van der Waals surface area contributed by atoms with Crippen molar-refractivity contribution in [2.75, 3.05) is 0 Å². The van der Waals surface area contributed by atoms with Gasteiger partial charge in [0.05, 0.1) is 18.3 Å². The highest BCUT2D eigenvalue weighted by molar-refractivity contribution is 5.87. The molecule has 4 aliphatic carbocycles. The van der Waals surface area contributed by atoms with Crippen LogP contribution in [-0.2, 0) is 14.3 Å². The molecule has 0 heterocycles. The summed E-state index contributed by atoms with van der Waals surface area (Å²) in [7, 11) is 0. The number of Topliss-reactive ketones (excluding diaryl/α,β-unsaturated/α-hetero) is 1. The van der Waals surface area contributed by atoms with Crippen LogP contribution >= 0.6 is 0 Å². The number of hydrogen-bond donors (Lipinski definition) is 3. The van der Waals surface area contributed by atoms with Crippen molar-refractivity contribution in [2.24, 2.45) is 34.5 Å². The molecular weight excluding hydrogens is 348 g/mol. The molecule has 0 aliphatic heterocycles. The fourth-order valence-electron chi connectivity index (χ4n) is 7.42. The summed E-state index contributed by atoms with van der Waals surface area (Å²) in [6, 6.07) is 0. The Morgan fingerprint density at radius 1 is 1.04 bits per heavy atom. The van der Waals surface area contributed by atoms with Gasteiger partial charge >= 0.3 is 5.97 Å². The number of carbonyl (C=O) groups excluding carboxylic acids is 2. The number of carbonyl (C=O) groups is 2. The van der Waals surface area contributed by atoms with Gasteiger partial charge in [-0.3, -0.25) is 9.59 Å². The number of aliphatic hydroxyl groups is 3. The number of fused-ring (bicyclic) bond motifs is 5. The van der Waals surface area contributed by atoms with E-state index in [9.17, 15) is 24.9 Å². The summed E-state index contributed by atoms with van der Waals surface area (Å²) in [5.41, 5.74) is -0.732. The molecule has 4 fully saturated rings.